The smallest absolute Gasteiger partial charge is 0.247 e. The number of likely N-dealkylation sites (tertiary alicyclic amines) is 1. The van der Waals surface area contributed by atoms with E-state index in [1.54, 1.807) is 11.9 Å². The van der Waals surface area contributed by atoms with Gasteiger partial charge in [0.1, 0.15) is 6.04 Å². The summed E-state index contributed by atoms with van der Waals surface area (Å²) >= 11 is 0. The first kappa shape index (κ1) is 28.7. The molecule has 1 aliphatic heterocycles. The second-order valence-electron chi connectivity index (χ2n) is 10.6. The van der Waals surface area contributed by atoms with Crippen molar-refractivity contribution in [3.63, 3.8) is 0 Å². The summed E-state index contributed by atoms with van der Waals surface area (Å²) in [5, 5.41) is 16.0. The third-order valence-corrected chi connectivity index (χ3v) is 7.95. The fraction of sp³-hybridized carbons (Fsp3) is 0.621. The summed E-state index contributed by atoms with van der Waals surface area (Å²) in [6, 6.07) is 6.39. The predicted octanol–water partition coefficient (Wildman–Crippen LogP) is 3.28. The minimum atomic E-state index is -0.808. The second-order valence-corrected chi connectivity index (χ2v) is 10.6. The SMILES string of the molecule is CC[C@@H]1C=C[C@H]2[C@H](C(=O)N([C@@H](CO)CC(C)C)[C@@H]2C(=O)Nc2ccc(N(CC)CC)cc2)[C@@H]1C(=O)NC. The number of nitrogens with zero attached hydrogens (tertiary/aromatic N) is 2. The number of hydrogen-bond donors (Lipinski definition) is 3. The summed E-state index contributed by atoms with van der Waals surface area (Å²) in [6.07, 6.45) is 5.23. The Morgan fingerprint density at radius 2 is 1.70 bits per heavy atom. The van der Waals surface area contributed by atoms with E-state index < -0.39 is 29.8 Å². The van der Waals surface area contributed by atoms with Crippen molar-refractivity contribution in [2.45, 2.75) is 59.5 Å². The monoisotopic (exact) mass is 512 g/mol. The molecule has 2 aliphatic rings. The quantitative estimate of drug-likeness (QED) is 0.395. The van der Waals surface area contributed by atoms with Crippen molar-refractivity contribution in [3.05, 3.63) is 36.4 Å². The molecule has 0 unspecified atom stereocenters. The molecule has 0 saturated carbocycles. The Balaban J connectivity index is 1.98. The lowest BCUT2D eigenvalue weighted by Gasteiger charge is -2.34. The molecule has 8 heteroatoms. The molecule has 1 saturated heterocycles. The molecule has 1 fully saturated rings. The maximum Gasteiger partial charge on any atom is 0.247 e. The minimum absolute atomic E-state index is 0.0842. The van der Waals surface area contributed by atoms with Gasteiger partial charge in [0.25, 0.3) is 0 Å². The molecule has 1 heterocycles. The number of aliphatic hydroxyl groups excluding tert-OH is 1. The number of carbonyl (C=O) groups excluding carboxylic acids is 3. The summed E-state index contributed by atoms with van der Waals surface area (Å²) in [7, 11) is 1.58. The van der Waals surface area contributed by atoms with Crippen molar-refractivity contribution < 1.29 is 19.5 Å². The van der Waals surface area contributed by atoms with Gasteiger partial charge < -0.3 is 25.5 Å². The van der Waals surface area contributed by atoms with E-state index in [-0.39, 0.29) is 36.2 Å². The van der Waals surface area contributed by atoms with E-state index in [0.29, 0.717) is 12.1 Å². The van der Waals surface area contributed by atoms with Crippen molar-refractivity contribution in [2.24, 2.45) is 29.6 Å². The Hall–Kier alpha value is -2.87. The summed E-state index contributed by atoms with van der Waals surface area (Å²) < 4.78 is 0. The van der Waals surface area contributed by atoms with Crippen LogP contribution >= 0.6 is 0 Å². The molecule has 1 aliphatic carbocycles. The zero-order chi connectivity index (χ0) is 27.3. The van der Waals surface area contributed by atoms with Crippen LogP contribution in [-0.2, 0) is 14.4 Å². The highest BCUT2D eigenvalue weighted by atomic mass is 16.3. The number of allylic oxidation sites excluding steroid dienone is 1. The van der Waals surface area contributed by atoms with E-state index in [1.165, 1.54) is 0 Å². The zero-order valence-corrected chi connectivity index (χ0v) is 23.1. The van der Waals surface area contributed by atoms with Crippen LogP contribution < -0.4 is 15.5 Å². The van der Waals surface area contributed by atoms with Crippen LogP contribution in [0.15, 0.2) is 36.4 Å². The van der Waals surface area contributed by atoms with Gasteiger partial charge in [0.2, 0.25) is 17.7 Å². The van der Waals surface area contributed by atoms with E-state index in [0.717, 1.165) is 25.2 Å². The Morgan fingerprint density at radius 1 is 1.05 bits per heavy atom. The number of anilines is 2. The summed E-state index contributed by atoms with van der Waals surface area (Å²) in [5.41, 5.74) is 1.72. The first-order valence-electron chi connectivity index (χ1n) is 13.7. The van der Waals surface area contributed by atoms with E-state index in [9.17, 15) is 19.5 Å². The first-order valence-corrected chi connectivity index (χ1v) is 13.7. The molecule has 0 aromatic heterocycles. The Labute approximate surface area is 221 Å². The zero-order valence-electron chi connectivity index (χ0n) is 23.1. The predicted molar refractivity (Wildman–Crippen MR) is 147 cm³/mol. The number of nitrogens with one attached hydrogen (secondary N) is 2. The summed E-state index contributed by atoms with van der Waals surface area (Å²) in [6.45, 7) is 11.8. The molecule has 3 rings (SSSR count). The fourth-order valence-electron chi connectivity index (χ4n) is 6.13. The number of amides is 3. The molecule has 6 atom stereocenters. The Kier molecular flexibility index (Phi) is 9.76. The number of carbonyl (C=O) groups is 3. The normalized spacial score (nSPS) is 25.7. The molecular weight excluding hydrogens is 468 g/mol. The lowest BCUT2D eigenvalue weighted by molar-refractivity contribution is -0.143. The highest BCUT2D eigenvalue weighted by Crippen LogP contribution is 2.46. The van der Waals surface area contributed by atoms with Crippen LogP contribution in [0.1, 0.15) is 47.5 Å². The van der Waals surface area contributed by atoms with E-state index in [2.05, 4.69) is 29.4 Å². The maximum atomic E-state index is 14.0. The van der Waals surface area contributed by atoms with Crippen LogP contribution in [0, 0.1) is 29.6 Å². The topological polar surface area (TPSA) is 102 Å². The van der Waals surface area contributed by atoms with Crippen LogP contribution in [0.5, 0.6) is 0 Å². The molecule has 1 aromatic carbocycles. The minimum Gasteiger partial charge on any atom is -0.394 e. The van der Waals surface area contributed by atoms with Crippen LogP contribution in [0.3, 0.4) is 0 Å². The average molecular weight is 513 g/mol. The molecule has 0 bridgehead atoms. The Bertz CT molecular complexity index is 973. The molecule has 204 valence electrons. The molecule has 8 nitrogen and oxygen atoms in total. The van der Waals surface area contributed by atoms with Gasteiger partial charge in [-0.3, -0.25) is 14.4 Å². The summed E-state index contributed by atoms with van der Waals surface area (Å²) in [5.74, 6) is -2.21. The van der Waals surface area contributed by atoms with Crippen LogP contribution in [-0.4, -0.2) is 66.6 Å². The largest absolute Gasteiger partial charge is 0.394 e. The number of rotatable bonds is 11. The van der Waals surface area contributed by atoms with Gasteiger partial charge in [0.15, 0.2) is 0 Å². The van der Waals surface area contributed by atoms with Crippen LogP contribution in [0.2, 0.25) is 0 Å². The van der Waals surface area contributed by atoms with Crippen molar-refractivity contribution >= 4 is 29.1 Å². The van der Waals surface area contributed by atoms with E-state index in [1.807, 2.05) is 57.2 Å². The molecule has 1 aromatic rings. The molecule has 3 amide bonds. The lowest BCUT2D eigenvalue weighted by Crippen LogP contribution is -2.51. The van der Waals surface area contributed by atoms with Crippen molar-refractivity contribution in [1.29, 1.82) is 0 Å². The van der Waals surface area contributed by atoms with E-state index >= 15 is 0 Å². The second kappa shape index (κ2) is 12.6. The van der Waals surface area contributed by atoms with Gasteiger partial charge in [-0.25, -0.2) is 0 Å². The maximum absolute atomic E-state index is 14.0. The van der Waals surface area contributed by atoms with Crippen molar-refractivity contribution in [3.8, 4) is 0 Å². The first-order chi connectivity index (χ1) is 17.7. The van der Waals surface area contributed by atoms with Gasteiger partial charge >= 0.3 is 0 Å². The van der Waals surface area contributed by atoms with E-state index in [4.69, 9.17) is 0 Å². The molecule has 0 radical (unpaired) electrons. The summed E-state index contributed by atoms with van der Waals surface area (Å²) in [4.78, 5) is 44.6. The third kappa shape index (κ3) is 5.84. The standard InChI is InChI=1S/C29H44N4O4/c1-7-19-10-15-23-25(24(19)27(35)30-6)29(37)33(22(17-34)16-18(4)5)26(23)28(36)31-20-11-13-21(14-12-20)32(8-2)9-3/h10-15,18-19,22-26,34H,7-9,16-17H2,1-6H3,(H,30,35)(H,31,36)/t19-,22-,23+,24-,25+,26+/m1/s1. The van der Waals surface area contributed by atoms with Gasteiger partial charge in [0.05, 0.1) is 24.5 Å². The van der Waals surface area contributed by atoms with Gasteiger partial charge in [-0.15, -0.1) is 0 Å². The third-order valence-electron chi connectivity index (χ3n) is 7.95. The fourth-order valence-corrected chi connectivity index (χ4v) is 6.13. The molecule has 0 spiro atoms. The number of fused-ring (bicyclic) bond motifs is 1. The van der Waals surface area contributed by atoms with Gasteiger partial charge in [0, 0.05) is 37.4 Å². The van der Waals surface area contributed by atoms with Crippen molar-refractivity contribution in [1.82, 2.24) is 10.2 Å². The molecular formula is C29H44N4O4. The number of hydrogen-bond acceptors (Lipinski definition) is 5. The van der Waals surface area contributed by atoms with Crippen LogP contribution in [0.25, 0.3) is 0 Å². The highest BCUT2D eigenvalue weighted by Gasteiger charge is 2.58. The highest BCUT2D eigenvalue weighted by molar-refractivity contribution is 6.02. The Morgan fingerprint density at radius 3 is 2.22 bits per heavy atom. The van der Waals surface area contributed by atoms with Crippen molar-refractivity contribution in [2.75, 3.05) is 37.0 Å². The average Bonchev–Trinajstić information content (AvgIpc) is 3.19. The molecule has 37 heavy (non-hydrogen) atoms. The molecule has 3 N–H and O–H groups in total. The van der Waals surface area contributed by atoms with Gasteiger partial charge in [-0.2, -0.15) is 0 Å². The van der Waals surface area contributed by atoms with Gasteiger partial charge in [-0.1, -0.05) is 32.9 Å². The number of benzene rings is 1. The number of aliphatic hydroxyl groups is 1. The lowest BCUT2D eigenvalue weighted by atomic mass is 9.69. The van der Waals surface area contributed by atoms with Gasteiger partial charge in [-0.05, 0) is 62.8 Å². The van der Waals surface area contributed by atoms with Crippen LogP contribution in [0.4, 0.5) is 11.4 Å².